The van der Waals surface area contributed by atoms with Crippen LogP contribution in [0.25, 0.3) is 0 Å². The molecule has 0 saturated carbocycles. The van der Waals surface area contributed by atoms with Crippen LogP contribution in [0.2, 0.25) is 0 Å². The van der Waals surface area contributed by atoms with Crippen LogP contribution in [0.3, 0.4) is 0 Å². The molecule has 0 aromatic carbocycles. The first kappa shape index (κ1) is 58.9. The second-order valence-electron chi connectivity index (χ2n) is 17.6. The van der Waals surface area contributed by atoms with Gasteiger partial charge in [-0.05, 0) is 57.8 Å². The summed E-state index contributed by atoms with van der Waals surface area (Å²) >= 11 is 0. The lowest BCUT2D eigenvalue weighted by atomic mass is 10.0. The lowest BCUT2D eigenvalue weighted by molar-refractivity contribution is -0.870. The van der Waals surface area contributed by atoms with Crippen molar-refractivity contribution < 1.29 is 47.2 Å². The average molecular weight is 883 g/mol. The van der Waals surface area contributed by atoms with Crippen molar-refractivity contribution in [3.05, 3.63) is 48.6 Å². The van der Waals surface area contributed by atoms with Crippen LogP contribution >= 0.6 is 7.82 Å². The van der Waals surface area contributed by atoms with Gasteiger partial charge in [0.15, 0.2) is 6.10 Å². The molecule has 0 aliphatic rings. The van der Waals surface area contributed by atoms with Crippen LogP contribution < -0.4 is 0 Å². The number of quaternary nitrogens is 1. The van der Waals surface area contributed by atoms with E-state index in [0.29, 0.717) is 23.9 Å². The monoisotopic (exact) mass is 883 g/mol. The molecule has 1 unspecified atom stereocenters. The second kappa shape index (κ2) is 43.2. The Bertz CT molecular complexity index is 1180. The normalized spacial score (nSPS) is 13.9. The summed E-state index contributed by atoms with van der Waals surface area (Å²) in [5.74, 6) is -0.873. The molecule has 0 aliphatic carbocycles. The lowest BCUT2D eigenvalue weighted by Gasteiger charge is -2.24. The Kier molecular flexibility index (Phi) is 41.7. The van der Waals surface area contributed by atoms with Gasteiger partial charge in [0.2, 0.25) is 0 Å². The van der Waals surface area contributed by atoms with Gasteiger partial charge in [-0.15, -0.1) is 0 Å². The Morgan fingerprint density at radius 2 is 0.967 bits per heavy atom. The number of carbonyl (C=O) groups is 2. The van der Waals surface area contributed by atoms with Crippen LogP contribution in [0.4, 0.5) is 0 Å². The first-order chi connectivity index (χ1) is 29.5. The number of aliphatic hydroxyl groups is 1. The number of carbonyl (C=O) groups excluding carboxylic acids is 2. The van der Waals surface area contributed by atoms with Crippen molar-refractivity contribution in [3.8, 4) is 0 Å². The van der Waals surface area contributed by atoms with Crippen LogP contribution in [0.5, 0.6) is 0 Å². The highest BCUT2D eigenvalue weighted by Crippen LogP contribution is 2.43. The maximum atomic E-state index is 12.7. The molecule has 11 heteroatoms. The Hall–Kier alpha value is -2.07. The summed E-state index contributed by atoms with van der Waals surface area (Å²) in [4.78, 5) is 35.5. The number of unbranched alkanes of at least 4 members (excludes halogenated alkanes) is 22. The first-order valence-corrected chi connectivity index (χ1v) is 26.0. The summed E-state index contributed by atoms with van der Waals surface area (Å²) in [7, 11) is 1.43. The topological polar surface area (TPSA) is 129 Å². The number of rotatable bonds is 45. The molecule has 0 amide bonds. The molecule has 0 saturated heterocycles. The minimum Gasteiger partial charge on any atom is -0.462 e. The zero-order valence-corrected chi connectivity index (χ0v) is 40.5. The van der Waals surface area contributed by atoms with Gasteiger partial charge in [-0.3, -0.25) is 18.6 Å². The van der Waals surface area contributed by atoms with E-state index >= 15 is 0 Å². The van der Waals surface area contributed by atoms with Gasteiger partial charge in [0, 0.05) is 19.4 Å². The molecule has 0 rings (SSSR count). The molecule has 0 aromatic rings. The third-order valence-electron chi connectivity index (χ3n) is 10.4. The van der Waals surface area contributed by atoms with Gasteiger partial charge in [-0.1, -0.05) is 178 Å². The third-order valence-corrected chi connectivity index (χ3v) is 11.4. The SMILES string of the molecule is CCCCCCCCCCCCCCCCCCCCCC(=O)O[C@H](COC(=O)CCC/C=C\C/C=C\C/C=C\C/C=C\CCCCCO)COP(=O)(O)OCC[N+](C)(C)C. The fourth-order valence-electron chi connectivity index (χ4n) is 6.58. The summed E-state index contributed by atoms with van der Waals surface area (Å²) < 4.78 is 34.3. The molecule has 0 bridgehead atoms. The summed E-state index contributed by atoms with van der Waals surface area (Å²) in [6, 6.07) is 0. The highest BCUT2D eigenvalue weighted by atomic mass is 31.2. The number of hydrogen-bond donors (Lipinski definition) is 2. The van der Waals surface area contributed by atoms with E-state index in [2.05, 4.69) is 55.5 Å². The van der Waals surface area contributed by atoms with E-state index < -0.39 is 32.5 Å². The van der Waals surface area contributed by atoms with E-state index in [9.17, 15) is 19.0 Å². The second-order valence-corrected chi connectivity index (χ2v) is 19.0. The Balaban J connectivity index is 4.35. The number of ether oxygens (including phenoxy) is 2. The molecule has 10 nitrogen and oxygen atoms in total. The van der Waals surface area contributed by atoms with Crippen LogP contribution in [0.1, 0.15) is 200 Å². The number of allylic oxidation sites excluding steroid dienone is 8. The molecule has 2 N–H and O–H groups in total. The van der Waals surface area contributed by atoms with Crippen LogP contribution in [-0.2, 0) is 32.7 Å². The third kappa shape index (κ3) is 47.2. The zero-order valence-electron chi connectivity index (χ0n) is 39.6. The molecule has 356 valence electrons. The number of nitrogens with zero attached hydrogens (tertiary/aromatic N) is 1. The van der Waals surface area contributed by atoms with Gasteiger partial charge in [0.05, 0.1) is 27.7 Å². The van der Waals surface area contributed by atoms with E-state index in [1.54, 1.807) is 0 Å². The number of esters is 2. The Morgan fingerprint density at radius 3 is 1.44 bits per heavy atom. The summed E-state index contributed by atoms with van der Waals surface area (Å²) in [6.45, 7) is 2.38. The van der Waals surface area contributed by atoms with E-state index in [4.69, 9.17) is 23.6 Å². The first-order valence-electron chi connectivity index (χ1n) is 24.5. The van der Waals surface area contributed by atoms with Gasteiger partial charge >= 0.3 is 19.8 Å². The van der Waals surface area contributed by atoms with Crippen LogP contribution in [-0.4, -0.2) is 86.6 Å². The zero-order chi connectivity index (χ0) is 45.0. The van der Waals surface area contributed by atoms with E-state index in [0.717, 1.165) is 70.6 Å². The van der Waals surface area contributed by atoms with Gasteiger partial charge < -0.3 is 24.0 Å². The molecule has 0 aromatic heterocycles. The van der Waals surface area contributed by atoms with E-state index in [1.165, 1.54) is 96.3 Å². The number of phosphoric ester groups is 1. The minimum absolute atomic E-state index is 0.0187. The standard InChI is InChI=1S/C50H92NO9P/c1-5-6-7-8-9-10-11-12-13-14-15-17-21-24-27-30-33-36-39-42-50(54)60-48(47-59-61(55,56)58-45-43-51(2,3)4)46-57-49(53)41-38-35-32-29-26-23-20-18-16-19-22-25-28-31-34-37-40-44-52/h16,19-20,23,25,28-29,32,48,52H,5-15,17-18,21-22,24,26-27,30-31,33-47H2,1-4H3/p+1/b19-16-,23-20-,28-25-,32-29-/t48-/m1/s1. The molecule has 0 heterocycles. The number of phosphoric acid groups is 1. The maximum Gasteiger partial charge on any atom is 0.472 e. The molecular formula is C50H93NO9P+. The van der Waals surface area contributed by atoms with Crippen LogP contribution in [0, 0.1) is 0 Å². The Morgan fingerprint density at radius 1 is 0.541 bits per heavy atom. The van der Waals surface area contributed by atoms with Gasteiger partial charge in [0.25, 0.3) is 0 Å². The highest BCUT2D eigenvalue weighted by Gasteiger charge is 2.27. The fourth-order valence-corrected chi connectivity index (χ4v) is 7.32. The summed E-state index contributed by atoms with van der Waals surface area (Å²) in [5, 5.41) is 8.81. The largest absolute Gasteiger partial charge is 0.472 e. The smallest absolute Gasteiger partial charge is 0.462 e. The number of likely N-dealkylation sites (N-methyl/N-ethyl adjacent to an activating group) is 1. The van der Waals surface area contributed by atoms with Crippen molar-refractivity contribution in [2.24, 2.45) is 0 Å². The quantitative estimate of drug-likeness (QED) is 0.0202. The Labute approximate surface area is 374 Å². The minimum atomic E-state index is -4.40. The molecule has 0 fully saturated rings. The highest BCUT2D eigenvalue weighted by molar-refractivity contribution is 7.47. The molecule has 2 atom stereocenters. The van der Waals surface area contributed by atoms with Gasteiger partial charge in [-0.25, -0.2) is 4.57 Å². The van der Waals surface area contributed by atoms with E-state index in [-0.39, 0.29) is 32.7 Å². The number of hydrogen-bond acceptors (Lipinski definition) is 8. The van der Waals surface area contributed by atoms with Gasteiger partial charge in [-0.2, -0.15) is 0 Å². The number of aliphatic hydroxyl groups excluding tert-OH is 1. The molecule has 0 radical (unpaired) electrons. The summed E-state index contributed by atoms with van der Waals surface area (Å²) in [5.41, 5.74) is 0. The molecule has 0 spiro atoms. The van der Waals surface area contributed by atoms with Crippen molar-refractivity contribution in [1.29, 1.82) is 0 Å². The van der Waals surface area contributed by atoms with E-state index in [1.807, 2.05) is 21.1 Å². The van der Waals surface area contributed by atoms with Crippen molar-refractivity contribution in [1.82, 2.24) is 0 Å². The lowest BCUT2D eigenvalue weighted by Crippen LogP contribution is -2.37. The molecule has 61 heavy (non-hydrogen) atoms. The van der Waals surface area contributed by atoms with Crippen molar-refractivity contribution in [2.45, 2.75) is 206 Å². The molecule has 0 aliphatic heterocycles. The van der Waals surface area contributed by atoms with Crippen molar-refractivity contribution in [3.63, 3.8) is 0 Å². The van der Waals surface area contributed by atoms with Crippen LogP contribution in [0.15, 0.2) is 48.6 Å². The predicted molar refractivity (Wildman–Crippen MR) is 253 cm³/mol. The average Bonchev–Trinajstić information content (AvgIpc) is 3.21. The fraction of sp³-hybridized carbons (Fsp3) is 0.800. The van der Waals surface area contributed by atoms with Crippen molar-refractivity contribution in [2.75, 3.05) is 54.1 Å². The molecular weight excluding hydrogens is 790 g/mol. The maximum absolute atomic E-state index is 12.7. The van der Waals surface area contributed by atoms with Gasteiger partial charge in [0.1, 0.15) is 19.8 Å². The summed E-state index contributed by atoms with van der Waals surface area (Å²) in [6.07, 6.45) is 48.9. The van der Waals surface area contributed by atoms with Crippen molar-refractivity contribution >= 4 is 19.8 Å². The predicted octanol–water partition coefficient (Wildman–Crippen LogP) is 13.2.